The molecule has 1 atom stereocenters. The fraction of sp³-hybridized carbons (Fsp3) is 0.333. The van der Waals surface area contributed by atoms with E-state index in [-0.39, 0.29) is 40.3 Å². The molecular weight excluding hydrogens is 592 g/mol. The van der Waals surface area contributed by atoms with Crippen molar-refractivity contribution in [3.05, 3.63) is 74.9 Å². The first-order valence-corrected chi connectivity index (χ1v) is 12.6. The number of benzene rings is 1. The molecule has 0 bridgehead atoms. The van der Waals surface area contributed by atoms with Gasteiger partial charge in [0.25, 0.3) is 5.91 Å². The SMILES string of the molecule is CC(C)(O)CNC(=O)c1nc(Cn2nc(-c3ccc(Cl)cc3)n(C[C@H](O)C(F)(F)F)c2=O)nn1-c1cnccc1Cl. The third kappa shape index (κ3) is 7.11. The maximum atomic E-state index is 13.2. The molecular formula is C24H23Cl2F3N8O4. The minimum atomic E-state index is -4.99. The first-order valence-electron chi connectivity index (χ1n) is 11.9. The Labute approximate surface area is 240 Å². The molecule has 0 aliphatic carbocycles. The van der Waals surface area contributed by atoms with E-state index in [4.69, 9.17) is 23.2 Å². The molecule has 41 heavy (non-hydrogen) atoms. The molecule has 12 nitrogen and oxygen atoms in total. The van der Waals surface area contributed by atoms with E-state index in [1.807, 2.05) is 0 Å². The maximum absolute atomic E-state index is 13.2. The number of nitrogens with one attached hydrogen (secondary N) is 1. The number of amides is 1. The molecule has 3 aromatic heterocycles. The predicted octanol–water partition coefficient (Wildman–Crippen LogP) is 2.47. The Balaban J connectivity index is 1.77. The van der Waals surface area contributed by atoms with Gasteiger partial charge in [-0.15, -0.1) is 10.2 Å². The molecule has 3 heterocycles. The lowest BCUT2D eigenvalue weighted by Gasteiger charge is -2.17. The summed E-state index contributed by atoms with van der Waals surface area (Å²) in [5.74, 6) is -1.30. The van der Waals surface area contributed by atoms with Crippen molar-refractivity contribution >= 4 is 29.1 Å². The second-order valence-electron chi connectivity index (χ2n) is 9.52. The third-order valence-electron chi connectivity index (χ3n) is 5.56. The van der Waals surface area contributed by atoms with Crippen molar-refractivity contribution in [2.75, 3.05) is 6.54 Å². The van der Waals surface area contributed by atoms with Gasteiger partial charge in [0.05, 0.1) is 23.4 Å². The van der Waals surface area contributed by atoms with Crippen LogP contribution in [0.25, 0.3) is 17.1 Å². The van der Waals surface area contributed by atoms with Gasteiger partial charge in [0.1, 0.15) is 12.2 Å². The van der Waals surface area contributed by atoms with Gasteiger partial charge in [0.2, 0.25) is 5.82 Å². The summed E-state index contributed by atoms with van der Waals surface area (Å²) < 4.78 is 42.0. The largest absolute Gasteiger partial charge is 0.416 e. The Hall–Kier alpha value is -3.79. The number of pyridine rings is 1. The van der Waals surface area contributed by atoms with E-state index in [0.717, 1.165) is 9.36 Å². The summed E-state index contributed by atoms with van der Waals surface area (Å²) in [5, 5.41) is 31.1. The monoisotopic (exact) mass is 614 g/mol. The summed E-state index contributed by atoms with van der Waals surface area (Å²) in [6.45, 7) is 1.24. The highest BCUT2D eigenvalue weighted by Crippen LogP contribution is 2.24. The first-order chi connectivity index (χ1) is 19.1. The quantitative estimate of drug-likeness (QED) is 0.260. The molecule has 3 N–H and O–H groups in total. The number of hydrogen-bond donors (Lipinski definition) is 3. The molecule has 0 radical (unpaired) electrons. The normalized spacial score (nSPS) is 12.9. The van der Waals surface area contributed by atoms with Crippen LogP contribution in [0.5, 0.6) is 0 Å². The molecule has 0 unspecified atom stereocenters. The molecule has 0 aliphatic heterocycles. The van der Waals surface area contributed by atoms with Crippen LogP contribution in [0.4, 0.5) is 13.2 Å². The minimum Gasteiger partial charge on any atom is -0.389 e. The van der Waals surface area contributed by atoms with E-state index in [2.05, 4.69) is 25.5 Å². The van der Waals surface area contributed by atoms with E-state index in [1.54, 1.807) is 0 Å². The smallest absolute Gasteiger partial charge is 0.389 e. The van der Waals surface area contributed by atoms with E-state index in [1.165, 1.54) is 56.6 Å². The van der Waals surface area contributed by atoms with Crippen LogP contribution in [-0.2, 0) is 13.1 Å². The second-order valence-corrected chi connectivity index (χ2v) is 10.4. The maximum Gasteiger partial charge on any atom is 0.416 e. The number of halogens is 5. The van der Waals surface area contributed by atoms with Crippen molar-refractivity contribution in [2.45, 2.75) is 44.8 Å². The Morgan fingerprint density at radius 2 is 1.80 bits per heavy atom. The molecule has 0 fully saturated rings. The van der Waals surface area contributed by atoms with Crippen molar-refractivity contribution in [1.82, 2.24) is 39.4 Å². The standard InChI is InChI=1S/C24H23Cl2F3N8O4/c1-23(2,41)12-31-21(39)20-32-18(33-37(20)16-9-30-8-7-15(16)26)11-36-22(40)35(10-17(38)24(27,28)29)19(34-36)13-3-5-14(25)6-4-13/h3-9,17,38,41H,10-12H2,1-2H3,(H,31,39)/t17-/m0/s1. The zero-order valence-corrected chi connectivity index (χ0v) is 23.0. The van der Waals surface area contributed by atoms with Crippen molar-refractivity contribution < 1.29 is 28.2 Å². The molecule has 0 saturated heterocycles. The summed E-state index contributed by atoms with van der Waals surface area (Å²) in [6, 6.07) is 7.28. The minimum absolute atomic E-state index is 0.121. The zero-order valence-electron chi connectivity index (χ0n) is 21.5. The van der Waals surface area contributed by atoms with E-state index >= 15 is 0 Å². The number of carbonyl (C=O) groups excluding carboxylic acids is 1. The second kappa shape index (κ2) is 11.6. The predicted molar refractivity (Wildman–Crippen MR) is 141 cm³/mol. The fourth-order valence-electron chi connectivity index (χ4n) is 3.57. The van der Waals surface area contributed by atoms with Gasteiger partial charge in [-0.05, 0) is 44.2 Å². The van der Waals surface area contributed by atoms with Crippen LogP contribution in [0.1, 0.15) is 30.3 Å². The van der Waals surface area contributed by atoms with Crippen LogP contribution in [-0.4, -0.2) is 74.6 Å². The summed E-state index contributed by atoms with van der Waals surface area (Å²) in [4.78, 5) is 34.4. The van der Waals surface area contributed by atoms with Crippen LogP contribution in [0.2, 0.25) is 10.0 Å². The number of nitrogens with zero attached hydrogens (tertiary/aromatic N) is 7. The molecule has 17 heteroatoms. The Morgan fingerprint density at radius 3 is 2.41 bits per heavy atom. The molecule has 0 spiro atoms. The highest BCUT2D eigenvalue weighted by atomic mass is 35.5. The van der Waals surface area contributed by atoms with Gasteiger partial charge < -0.3 is 15.5 Å². The van der Waals surface area contributed by atoms with Gasteiger partial charge in [0.15, 0.2) is 17.8 Å². The molecule has 0 saturated carbocycles. The van der Waals surface area contributed by atoms with Crippen LogP contribution in [0.3, 0.4) is 0 Å². The average molecular weight is 615 g/mol. The van der Waals surface area contributed by atoms with Gasteiger partial charge >= 0.3 is 11.9 Å². The van der Waals surface area contributed by atoms with Crippen LogP contribution >= 0.6 is 23.2 Å². The molecule has 0 aliphatic rings. The topological polar surface area (TPSA) is 153 Å². The molecule has 1 amide bonds. The summed E-state index contributed by atoms with van der Waals surface area (Å²) in [7, 11) is 0. The lowest BCUT2D eigenvalue weighted by Crippen LogP contribution is -2.39. The van der Waals surface area contributed by atoms with Crippen molar-refractivity contribution in [3.63, 3.8) is 0 Å². The number of alkyl halides is 3. The van der Waals surface area contributed by atoms with Crippen molar-refractivity contribution in [2.24, 2.45) is 0 Å². The number of aliphatic hydroxyl groups is 2. The Kier molecular flexibility index (Phi) is 8.54. The third-order valence-corrected chi connectivity index (χ3v) is 6.13. The van der Waals surface area contributed by atoms with Crippen molar-refractivity contribution in [3.8, 4) is 17.1 Å². The van der Waals surface area contributed by atoms with Gasteiger partial charge in [-0.3, -0.25) is 14.3 Å². The van der Waals surface area contributed by atoms with Gasteiger partial charge in [-0.1, -0.05) is 23.2 Å². The zero-order chi connectivity index (χ0) is 30.1. The Bertz CT molecular complexity index is 1610. The highest BCUT2D eigenvalue weighted by Gasteiger charge is 2.39. The lowest BCUT2D eigenvalue weighted by molar-refractivity contribution is -0.207. The summed E-state index contributed by atoms with van der Waals surface area (Å²) >= 11 is 12.2. The van der Waals surface area contributed by atoms with E-state index in [9.17, 15) is 33.0 Å². The van der Waals surface area contributed by atoms with E-state index < -0.39 is 42.6 Å². The fourth-order valence-corrected chi connectivity index (χ4v) is 3.88. The van der Waals surface area contributed by atoms with Crippen LogP contribution in [0, 0.1) is 0 Å². The van der Waals surface area contributed by atoms with Crippen LogP contribution in [0.15, 0.2) is 47.5 Å². The van der Waals surface area contributed by atoms with Gasteiger partial charge in [-0.2, -0.15) is 13.2 Å². The highest BCUT2D eigenvalue weighted by molar-refractivity contribution is 6.32. The Morgan fingerprint density at radius 1 is 1.12 bits per heavy atom. The number of hydrogen-bond acceptors (Lipinski definition) is 8. The van der Waals surface area contributed by atoms with E-state index in [0.29, 0.717) is 9.59 Å². The lowest BCUT2D eigenvalue weighted by atomic mass is 10.1. The molecule has 4 aromatic rings. The number of aliphatic hydroxyl groups excluding tert-OH is 1. The number of rotatable bonds is 9. The van der Waals surface area contributed by atoms with Gasteiger partial charge in [-0.25, -0.2) is 19.1 Å². The average Bonchev–Trinajstić information content (AvgIpc) is 3.44. The molecule has 4 rings (SSSR count). The first kappa shape index (κ1) is 30.2. The summed E-state index contributed by atoms with van der Waals surface area (Å²) in [5.41, 5.74) is -1.81. The molecule has 1 aromatic carbocycles. The molecule has 218 valence electrons. The van der Waals surface area contributed by atoms with Gasteiger partial charge in [0, 0.05) is 23.3 Å². The number of aromatic nitrogens is 7. The van der Waals surface area contributed by atoms with Crippen molar-refractivity contribution in [1.29, 1.82) is 0 Å². The van der Waals surface area contributed by atoms with Crippen LogP contribution < -0.4 is 11.0 Å². The number of carbonyl (C=O) groups is 1. The summed E-state index contributed by atoms with van der Waals surface area (Å²) in [6.07, 6.45) is -5.10.